The van der Waals surface area contributed by atoms with Crippen molar-refractivity contribution in [1.82, 2.24) is 10.3 Å². The quantitative estimate of drug-likeness (QED) is 0.619. The molecule has 0 radical (unpaired) electrons. The Bertz CT molecular complexity index is 321. The van der Waals surface area contributed by atoms with Crippen molar-refractivity contribution in [2.45, 2.75) is 12.5 Å². The van der Waals surface area contributed by atoms with Crippen molar-refractivity contribution in [1.29, 1.82) is 0 Å². The van der Waals surface area contributed by atoms with Crippen molar-refractivity contribution in [3.05, 3.63) is 29.6 Å². The normalized spacial score (nSPS) is 21.1. The molecule has 0 aromatic carbocycles. The van der Waals surface area contributed by atoms with Gasteiger partial charge in [-0.3, -0.25) is 4.98 Å². The highest BCUT2D eigenvalue weighted by Gasteiger charge is 2.19. The van der Waals surface area contributed by atoms with Gasteiger partial charge in [0.25, 0.3) is 0 Å². The maximum atomic E-state index is 5.28. The first-order valence-electron chi connectivity index (χ1n) is 4.06. The van der Waals surface area contributed by atoms with Crippen LogP contribution in [0, 0.1) is 12.3 Å². The van der Waals surface area contributed by atoms with Crippen molar-refractivity contribution in [3.63, 3.8) is 0 Å². The van der Waals surface area contributed by atoms with Gasteiger partial charge in [-0.2, -0.15) is 0 Å². The minimum atomic E-state index is 0.429. The molecule has 1 aliphatic heterocycles. The van der Waals surface area contributed by atoms with E-state index >= 15 is 0 Å². The summed E-state index contributed by atoms with van der Waals surface area (Å²) in [5, 5.41) is 3.28. The van der Waals surface area contributed by atoms with Gasteiger partial charge in [0.1, 0.15) is 0 Å². The Hall–Kier alpha value is -1.33. The molecule has 60 valence electrons. The minimum absolute atomic E-state index is 0.429. The summed E-state index contributed by atoms with van der Waals surface area (Å²) in [6, 6.07) is 4.25. The van der Waals surface area contributed by atoms with Crippen LogP contribution in [-0.4, -0.2) is 11.5 Å². The lowest BCUT2D eigenvalue weighted by atomic mass is 10.0. The molecule has 2 heterocycles. The number of aromatic nitrogens is 1. The van der Waals surface area contributed by atoms with Crippen molar-refractivity contribution < 1.29 is 0 Å². The fourth-order valence-corrected chi connectivity index (χ4v) is 1.27. The van der Waals surface area contributed by atoms with Crippen molar-refractivity contribution in [2.75, 3.05) is 6.54 Å². The summed E-state index contributed by atoms with van der Waals surface area (Å²) in [5.74, 6) is 2.60. The predicted octanol–water partition coefficient (Wildman–Crippen LogP) is 1.10. The summed E-state index contributed by atoms with van der Waals surface area (Å²) >= 11 is 0. The van der Waals surface area contributed by atoms with Gasteiger partial charge in [0.05, 0.1) is 11.7 Å². The molecule has 0 bridgehead atoms. The molecule has 1 fully saturated rings. The Morgan fingerprint density at radius 1 is 1.67 bits per heavy atom. The van der Waals surface area contributed by atoms with E-state index in [0.29, 0.717) is 6.04 Å². The largest absolute Gasteiger partial charge is 0.309 e. The van der Waals surface area contributed by atoms with Crippen LogP contribution in [0.15, 0.2) is 18.3 Å². The summed E-state index contributed by atoms with van der Waals surface area (Å²) in [6.45, 7) is 1.09. The van der Waals surface area contributed by atoms with E-state index in [1.807, 2.05) is 12.1 Å². The molecule has 1 aliphatic rings. The number of nitrogens with zero attached hydrogens (tertiary/aromatic N) is 1. The Balaban J connectivity index is 2.27. The molecule has 2 rings (SSSR count). The minimum Gasteiger partial charge on any atom is -0.309 e. The molecule has 1 aromatic rings. The number of nitrogens with one attached hydrogen (secondary N) is 1. The maximum absolute atomic E-state index is 5.28. The summed E-state index contributed by atoms with van der Waals surface area (Å²) in [5.41, 5.74) is 1.98. The van der Waals surface area contributed by atoms with Crippen molar-refractivity contribution in [2.24, 2.45) is 0 Å². The zero-order chi connectivity index (χ0) is 8.39. The molecule has 2 nitrogen and oxygen atoms in total. The summed E-state index contributed by atoms with van der Waals surface area (Å²) in [4.78, 5) is 4.25. The van der Waals surface area contributed by atoms with Crippen LogP contribution in [0.2, 0.25) is 0 Å². The molecule has 0 spiro atoms. The standard InChI is InChI=1S/C10H10N2/c1-2-8-3-5-12-10(7-8)9-4-6-11-9/h1,3,5,7,9,11H,4,6H2. The first-order chi connectivity index (χ1) is 5.90. The highest BCUT2D eigenvalue weighted by atomic mass is 15.0. The fraction of sp³-hybridized carbons (Fsp3) is 0.300. The SMILES string of the molecule is C#Cc1ccnc(C2CCN2)c1. The lowest BCUT2D eigenvalue weighted by molar-refractivity contribution is 0.375. The average molecular weight is 158 g/mol. The third-order valence-electron chi connectivity index (χ3n) is 2.13. The van der Waals surface area contributed by atoms with Gasteiger partial charge < -0.3 is 5.32 Å². The third kappa shape index (κ3) is 1.19. The highest BCUT2D eigenvalue weighted by molar-refractivity contribution is 5.33. The first kappa shape index (κ1) is 7.33. The van der Waals surface area contributed by atoms with Gasteiger partial charge in [0, 0.05) is 11.8 Å². The molecule has 1 N–H and O–H groups in total. The zero-order valence-electron chi connectivity index (χ0n) is 6.75. The lowest BCUT2D eigenvalue weighted by Crippen LogP contribution is -2.35. The maximum Gasteiger partial charge on any atom is 0.0586 e. The molecule has 0 amide bonds. The van der Waals surface area contributed by atoms with E-state index in [1.165, 1.54) is 6.42 Å². The number of hydrogen-bond acceptors (Lipinski definition) is 2. The second kappa shape index (κ2) is 2.96. The van der Waals surface area contributed by atoms with Crippen molar-refractivity contribution in [3.8, 4) is 12.3 Å². The zero-order valence-corrected chi connectivity index (χ0v) is 6.75. The first-order valence-corrected chi connectivity index (χ1v) is 4.06. The predicted molar refractivity (Wildman–Crippen MR) is 47.5 cm³/mol. The Morgan fingerprint density at radius 2 is 2.50 bits per heavy atom. The summed E-state index contributed by atoms with van der Waals surface area (Å²) in [7, 11) is 0. The topological polar surface area (TPSA) is 24.9 Å². The second-order valence-electron chi connectivity index (χ2n) is 2.91. The number of rotatable bonds is 1. The molecule has 0 aliphatic carbocycles. The number of pyridine rings is 1. The van der Waals surface area contributed by atoms with Crippen LogP contribution in [0.4, 0.5) is 0 Å². The van der Waals surface area contributed by atoms with Gasteiger partial charge in [-0.05, 0) is 25.1 Å². The number of terminal acetylenes is 1. The van der Waals surface area contributed by atoms with E-state index in [0.717, 1.165) is 17.8 Å². The molecule has 1 aromatic heterocycles. The third-order valence-corrected chi connectivity index (χ3v) is 2.13. The Kier molecular flexibility index (Phi) is 1.81. The van der Waals surface area contributed by atoms with Crippen LogP contribution in [0.25, 0.3) is 0 Å². The van der Waals surface area contributed by atoms with E-state index in [9.17, 15) is 0 Å². The van der Waals surface area contributed by atoms with Gasteiger partial charge in [-0.1, -0.05) is 5.92 Å². The highest BCUT2D eigenvalue weighted by Crippen LogP contribution is 2.20. The van der Waals surface area contributed by atoms with Crippen LogP contribution in [0.1, 0.15) is 23.7 Å². The van der Waals surface area contributed by atoms with E-state index in [4.69, 9.17) is 6.42 Å². The van der Waals surface area contributed by atoms with E-state index in [-0.39, 0.29) is 0 Å². The monoisotopic (exact) mass is 158 g/mol. The molecule has 1 atom stereocenters. The van der Waals surface area contributed by atoms with Crippen molar-refractivity contribution >= 4 is 0 Å². The van der Waals surface area contributed by atoms with Crippen LogP contribution in [0.3, 0.4) is 0 Å². The molecule has 1 unspecified atom stereocenters. The lowest BCUT2D eigenvalue weighted by Gasteiger charge is -2.26. The molecule has 12 heavy (non-hydrogen) atoms. The van der Waals surface area contributed by atoms with Crippen LogP contribution in [0.5, 0.6) is 0 Å². The molecular formula is C10H10N2. The van der Waals surface area contributed by atoms with E-state index in [1.54, 1.807) is 6.20 Å². The van der Waals surface area contributed by atoms with E-state index < -0.39 is 0 Å². The molecule has 2 heteroatoms. The second-order valence-corrected chi connectivity index (χ2v) is 2.91. The van der Waals surface area contributed by atoms with Crippen LogP contribution >= 0.6 is 0 Å². The molecular weight excluding hydrogens is 148 g/mol. The summed E-state index contributed by atoms with van der Waals surface area (Å²) < 4.78 is 0. The summed E-state index contributed by atoms with van der Waals surface area (Å²) in [6.07, 6.45) is 8.22. The Labute approximate surface area is 72.0 Å². The van der Waals surface area contributed by atoms with Gasteiger partial charge in [0.15, 0.2) is 0 Å². The molecule has 1 saturated heterocycles. The van der Waals surface area contributed by atoms with Gasteiger partial charge in [-0.25, -0.2) is 0 Å². The smallest absolute Gasteiger partial charge is 0.0586 e. The van der Waals surface area contributed by atoms with Gasteiger partial charge in [0.2, 0.25) is 0 Å². The van der Waals surface area contributed by atoms with Crippen LogP contribution < -0.4 is 5.32 Å². The average Bonchev–Trinajstić information content (AvgIpc) is 2.02. The molecule has 0 saturated carbocycles. The Morgan fingerprint density at radius 3 is 3.08 bits per heavy atom. The van der Waals surface area contributed by atoms with Gasteiger partial charge >= 0.3 is 0 Å². The van der Waals surface area contributed by atoms with E-state index in [2.05, 4.69) is 16.2 Å². The fourth-order valence-electron chi connectivity index (χ4n) is 1.27. The van der Waals surface area contributed by atoms with Crippen LogP contribution in [-0.2, 0) is 0 Å². The number of hydrogen-bond donors (Lipinski definition) is 1. The van der Waals surface area contributed by atoms with Gasteiger partial charge in [-0.15, -0.1) is 6.42 Å².